The van der Waals surface area contributed by atoms with Gasteiger partial charge in [-0.25, -0.2) is 0 Å². The fourth-order valence-electron chi connectivity index (χ4n) is 6.53. The van der Waals surface area contributed by atoms with Crippen molar-refractivity contribution in [2.45, 2.75) is 50.1 Å². The average Bonchev–Trinajstić information content (AvgIpc) is 3.10. The van der Waals surface area contributed by atoms with Crippen molar-refractivity contribution >= 4 is 17.5 Å². The molecule has 6 heteroatoms. The smallest absolute Gasteiger partial charge is 0.212 e. The van der Waals surface area contributed by atoms with Gasteiger partial charge < -0.3 is 4.74 Å². The van der Waals surface area contributed by atoms with Crippen molar-refractivity contribution in [3.05, 3.63) is 35.7 Å². The van der Waals surface area contributed by atoms with Gasteiger partial charge >= 0.3 is 0 Å². The lowest BCUT2D eigenvalue weighted by Crippen LogP contribution is -2.51. The Balaban J connectivity index is 1.31. The first-order valence-corrected chi connectivity index (χ1v) is 11.5. The van der Waals surface area contributed by atoms with Crippen LogP contribution in [0.5, 0.6) is 5.75 Å². The number of rotatable bonds is 4. The molecule has 4 bridgehead atoms. The van der Waals surface area contributed by atoms with Gasteiger partial charge in [-0.3, -0.25) is 0 Å². The van der Waals surface area contributed by atoms with Gasteiger partial charge in [0.2, 0.25) is 5.16 Å². The van der Waals surface area contributed by atoms with Gasteiger partial charge in [0.25, 0.3) is 0 Å². The van der Waals surface area contributed by atoms with Crippen molar-refractivity contribution in [2.75, 3.05) is 12.9 Å². The van der Waals surface area contributed by atoms with Crippen LogP contribution in [0.1, 0.15) is 49.9 Å². The van der Waals surface area contributed by atoms with Crippen LogP contribution in [0.3, 0.4) is 0 Å². The van der Waals surface area contributed by atoms with Crippen LogP contribution in [0.4, 0.5) is 0 Å². The van der Waals surface area contributed by atoms with Crippen molar-refractivity contribution in [1.29, 1.82) is 0 Å². The fraction of sp³-hybridized carbons (Fsp3) is 0.591. The molecule has 4 aliphatic carbocycles. The van der Waals surface area contributed by atoms with Crippen LogP contribution in [-0.2, 0) is 6.42 Å². The zero-order valence-electron chi connectivity index (χ0n) is 16.3. The monoisotopic (exact) mass is 394 g/mol. The van der Waals surface area contributed by atoms with Crippen LogP contribution in [0.2, 0.25) is 0 Å². The summed E-state index contributed by atoms with van der Waals surface area (Å²) in [5.74, 6) is 5.65. The Morgan fingerprint density at radius 3 is 2.36 bits per heavy atom. The molecule has 2 heterocycles. The molecule has 0 saturated heterocycles. The summed E-state index contributed by atoms with van der Waals surface area (Å²) in [4.78, 5) is 0. The van der Waals surface area contributed by atoms with E-state index >= 15 is 0 Å². The first-order chi connectivity index (χ1) is 13.7. The maximum atomic E-state index is 5.27. The van der Waals surface area contributed by atoms with E-state index in [1.165, 1.54) is 49.8 Å². The molecule has 0 N–H and O–H groups in total. The van der Waals surface area contributed by atoms with Crippen LogP contribution in [0, 0.1) is 23.2 Å². The third-order valence-electron chi connectivity index (χ3n) is 7.41. The number of thioether (sulfide) groups is 1. The SMILES string of the molecule is COc1ccc(Cc2nnc3n2N=C(C24CC5CC(CC(C5)C2)C4)CS3)cc1. The second-order valence-electron chi connectivity index (χ2n) is 9.27. The zero-order valence-corrected chi connectivity index (χ0v) is 17.1. The number of methoxy groups -OCH3 is 1. The predicted octanol–water partition coefficient (Wildman–Crippen LogP) is 4.40. The number of nitrogens with zero attached hydrogens (tertiary/aromatic N) is 4. The predicted molar refractivity (Wildman–Crippen MR) is 110 cm³/mol. The number of ether oxygens (including phenoxy) is 1. The van der Waals surface area contributed by atoms with E-state index in [0.29, 0.717) is 5.41 Å². The van der Waals surface area contributed by atoms with E-state index in [9.17, 15) is 0 Å². The van der Waals surface area contributed by atoms with Gasteiger partial charge in [-0.1, -0.05) is 23.9 Å². The average molecular weight is 395 g/mol. The summed E-state index contributed by atoms with van der Waals surface area (Å²) in [7, 11) is 1.70. The molecular formula is C22H26N4OS. The minimum Gasteiger partial charge on any atom is -0.497 e. The Bertz CT molecular complexity index is 897. The molecule has 28 heavy (non-hydrogen) atoms. The van der Waals surface area contributed by atoms with Gasteiger partial charge in [0.05, 0.1) is 12.8 Å². The molecule has 5 aliphatic rings. The Kier molecular flexibility index (Phi) is 3.87. The maximum absolute atomic E-state index is 5.27. The summed E-state index contributed by atoms with van der Waals surface area (Å²) >= 11 is 1.82. The topological polar surface area (TPSA) is 52.3 Å². The highest BCUT2D eigenvalue weighted by Gasteiger charge is 2.53. The Morgan fingerprint density at radius 1 is 1.04 bits per heavy atom. The van der Waals surface area contributed by atoms with Crippen molar-refractivity contribution in [3.63, 3.8) is 0 Å². The van der Waals surface area contributed by atoms with E-state index in [0.717, 1.165) is 46.7 Å². The van der Waals surface area contributed by atoms with Crippen LogP contribution in [0.25, 0.3) is 0 Å². The van der Waals surface area contributed by atoms with Crippen molar-refractivity contribution < 1.29 is 4.74 Å². The lowest BCUT2D eigenvalue weighted by Gasteiger charge is -2.57. The molecular weight excluding hydrogens is 368 g/mol. The zero-order chi connectivity index (χ0) is 18.7. The molecule has 0 atom stereocenters. The molecule has 146 valence electrons. The molecule has 1 aliphatic heterocycles. The summed E-state index contributed by atoms with van der Waals surface area (Å²) in [6, 6.07) is 8.20. The van der Waals surface area contributed by atoms with E-state index in [1.54, 1.807) is 7.11 Å². The van der Waals surface area contributed by atoms with Gasteiger partial charge in [-0.2, -0.15) is 9.78 Å². The molecule has 2 aromatic rings. The minimum absolute atomic E-state index is 0.362. The highest BCUT2D eigenvalue weighted by molar-refractivity contribution is 7.99. The second-order valence-corrected chi connectivity index (χ2v) is 10.2. The molecule has 4 saturated carbocycles. The summed E-state index contributed by atoms with van der Waals surface area (Å²) in [6.45, 7) is 0. The van der Waals surface area contributed by atoms with E-state index in [2.05, 4.69) is 22.3 Å². The highest BCUT2D eigenvalue weighted by atomic mass is 32.2. The first-order valence-electron chi connectivity index (χ1n) is 10.5. The summed E-state index contributed by atoms with van der Waals surface area (Å²) in [5, 5.41) is 15.0. The number of benzene rings is 1. The Labute approximate surface area is 170 Å². The Morgan fingerprint density at radius 2 is 1.71 bits per heavy atom. The van der Waals surface area contributed by atoms with E-state index in [1.807, 2.05) is 28.6 Å². The lowest BCUT2D eigenvalue weighted by molar-refractivity contribution is -0.0128. The van der Waals surface area contributed by atoms with Gasteiger partial charge in [-0.05, 0) is 74.0 Å². The summed E-state index contributed by atoms with van der Waals surface area (Å²) in [6.07, 6.45) is 9.26. The van der Waals surface area contributed by atoms with Crippen molar-refractivity contribution in [1.82, 2.24) is 14.9 Å². The van der Waals surface area contributed by atoms with Crippen molar-refractivity contribution in [2.24, 2.45) is 28.3 Å². The number of aromatic nitrogens is 3. The molecule has 4 fully saturated rings. The highest BCUT2D eigenvalue weighted by Crippen LogP contribution is 2.61. The largest absolute Gasteiger partial charge is 0.497 e. The Hall–Kier alpha value is -1.82. The molecule has 0 radical (unpaired) electrons. The molecule has 0 unspecified atom stereocenters. The molecule has 7 rings (SSSR count). The second kappa shape index (κ2) is 6.34. The first kappa shape index (κ1) is 17.1. The standard InChI is InChI=1S/C22H26N4OS/c1-27-18-4-2-14(3-5-18)9-20-23-24-21-26(20)25-19(13-28-21)22-10-15-6-16(11-22)8-17(7-15)12-22/h2-5,15-17H,6-13H2,1H3. The van der Waals surface area contributed by atoms with Gasteiger partial charge in [0.1, 0.15) is 5.75 Å². The van der Waals surface area contributed by atoms with E-state index in [-0.39, 0.29) is 0 Å². The normalized spacial score (nSPS) is 32.9. The maximum Gasteiger partial charge on any atom is 0.212 e. The number of hydrogen-bond acceptors (Lipinski definition) is 5. The van der Waals surface area contributed by atoms with Crippen molar-refractivity contribution in [3.8, 4) is 5.75 Å². The molecule has 1 aromatic carbocycles. The quantitative estimate of drug-likeness (QED) is 0.771. The van der Waals surface area contributed by atoms with Gasteiger partial charge in [0, 0.05) is 17.6 Å². The van der Waals surface area contributed by atoms with E-state index in [4.69, 9.17) is 9.84 Å². The third-order valence-corrected chi connectivity index (χ3v) is 8.34. The summed E-state index contributed by atoms with van der Waals surface area (Å²) < 4.78 is 7.30. The fourth-order valence-corrected chi connectivity index (χ4v) is 7.52. The lowest BCUT2D eigenvalue weighted by atomic mass is 9.48. The molecule has 0 spiro atoms. The van der Waals surface area contributed by atoms with Gasteiger partial charge in [0.15, 0.2) is 5.82 Å². The molecule has 1 aromatic heterocycles. The molecule has 0 amide bonds. The minimum atomic E-state index is 0.362. The van der Waals surface area contributed by atoms with E-state index < -0.39 is 0 Å². The van der Waals surface area contributed by atoms with Gasteiger partial charge in [-0.15, -0.1) is 10.2 Å². The number of fused-ring (bicyclic) bond motifs is 1. The third kappa shape index (κ3) is 2.71. The molecule has 5 nitrogen and oxygen atoms in total. The summed E-state index contributed by atoms with van der Waals surface area (Å²) in [5.41, 5.74) is 2.99. The number of hydrogen-bond donors (Lipinski definition) is 0. The van der Waals surface area contributed by atoms with Crippen LogP contribution < -0.4 is 4.74 Å². The van der Waals surface area contributed by atoms with Crippen LogP contribution in [0.15, 0.2) is 34.5 Å². The van der Waals surface area contributed by atoms with Crippen LogP contribution >= 0.6 is 11.8 Å². The van der Waals surface area contributed by atoms with Crippen LogP contribution in [-0.4, -0.2) is 33.4 Å².